The fourth-order valence-corrected chi connectivity index (χ4v) is 2.19. The lowest BCUT2D eigenvalue weighted by atomic mass is 10.1. The highest BCUT2D eigenvalue weighted by Gasteiger charge is 2.17. The van der Waals surface area contributed by atoms with Crippen LogP contribution in [0.2, 0.25) is 0 Å². The van der Waals surface area contributed by atoms with Crippen LogP contribution in [0, 0.1) is 0 Å². The maximum atomic E-state index is 5.57. The molecule has 0 bridgehead atoms. The molecule has 60 valence electrons. The van der Waals surface area contributed by atoms with Crippen molar-refractivity contribution in [2.24, 2.45) is 0 Å². The molecule has 0 fully saturated rings. The van der Waals surface area contributed by atoms with Gasteiger partial charge in [0.15, 0.2) is 5.13 Å². The first-order chi connectivity index (χ1) is 5.25. The minimum Gasteiger partial charge on any atom is -0.375 e. The predicted octanol–water partition coefficient (Wildman–Crippen LogP) is 1.47. The van der Waals surface area contributed by atoms with Gasteiger partial charge in [-0.3, -0.25) is 0 Å². The molecule has 3 nitrogen and oxygen atoms in total. The number of rotatable bonds is 0. The van der Waals surface area contributed by atoms with Crippen LogP contribution >= 0.6 is 11.3 Å². The third-order valence-corrected chi connectivity index (χ3v) is 2.76. The first kappa shape index (κ1) is 6.91. The van der Waals surface area contributed by atoms with E-state index in [1.165, 1.54) is 5.00 Å². The average molecular weight is 169 g/mol. The van der Waals surface area contributed by atoms with E-state index in [1.807, 2.05) is 0 Å². The largest absolute Gasteiger partial charge is 0.375 e. The second-order valence-corrected chi connectivity index (χ2v) is 3.94. The second-order valence-electron chi connectivity index (χ2n) is 2.91. The van der Waals surface area contributed by atoms with Crippen molar-refractivity contribution in [3.63, 3.8) is 0 Å². The predicted molar refractivity (Wildman–Crippen MR) is 47.9 cm³/mol. The molecule has 1 aromatic rings. The standard InChI is InChI=1S/C7H11N3S/c1-4-2-3-5-6(9-4)11-7(8)10-5/h4,9H,2-3H2,1H3,(H2,8,10). The highest BCUT2D eigenvalue weighted by molar-refractivity contribution is 7.19. The molecule has 0 saturated carbocycles. The van der Waals surface area contributed by atoms with Crippen molar-refractivity contribution < 1.29 is 0 Å². The summed E-state index contributed by atoms with van der Waals surface area (Å²) in [5.74, 6) is 0. The van der Waals surface area contributed by atoms with Gasteiger partial charge in [-0.1, -0.05) is 11.3 Å². The molecule has 1 aliphatic rings. The Morgan fingerprint density at radius 2 is 2.55 bits per heavy atom. The number of nitrogen functional groups attached to an aromatic ring is 1. The number of hydrogen-bond donors (Lipinski definition) is 2. The van der Waals surface area contributed by atoms with Crippen molar-refractivity contribution in [2.75, 3.05) is 11.1 Å². The number of nitrogens with two attached hydrogens (primary N) is 1. The molecule has 4 heteroatoms. The molecule has 0 radical (unpaired) electrons. The average Bonchev–Trinajstić information content (AvgIpc) is 2.27. The van der Waals surface area contributed by atoms with Crippen LogP contribution in [0.4, 0.5) is 10.1 Å². The Morgan fingerprint density at radius 3 is 3.36 bits per heavy atom. The van der Waals surface area contributed by atoms with Gasteiger partial charge in [0.1, 0.15) is 5.00 Å². The molecule has 2 rings (SSSR count). The topological polar surface area (TPSA) is 50.9 Å². The van der Waals surface area contributed by atoms with E-state index in [1.54, 1.807) is 11.3 Å². The lowest BCUT2D eigenvalue weighted by molar-refractivity contribution is 0.675. The maximum Gasteiger partial charge on any atom is 0.182 e. The molecule has 1 aromatic heterocycles. The third-order valence-electron chi connectivity index (χ3n) is 1.91. The van der Waals surface area contributed by atoms with Crippen LogP contribution in [0.3, 0.4) is 0 Å². The quantitative estimate of drug-likeness (QED) is 0.618. The lowest BCUT2D eigenvalue weighted by Crippen LogP contribution is -2.20. The Labute approximate surface area is 69.6 Å². The third kappa shape index (κ3) is 1.18. The van der Waals surface area contributed by atoms with E-state index in [0.717, 1.165) is 18.5 Å². The van der Waals surface area contributed by atoms with Gasteiger partial charge in [-0.2, -0.15) is 0 Å². The molecule has 1 unspecified atom stereocenters. The number of hydrogen-bond acceptors (Lipinski definition) is 4. The van der Waals surface area contributed by atoms with Gasteiger partial charge in [0, 0.05) is 6.04 Å². The summed E-state index contributed by atoms with van der Waals surface area (Å²) in [7, 11) is 0. The number of thiazole rings is 1. The summed E-state index contributed by atoms with van der Waals surface area (Å²) in [6, 6.07) is 0.572. The molecule has 0 aliphatic carbocycles. The van der Waals surface area contributed by atoms with Gasteiger partial charge in [0.25, 0.3) is 0 Å². The normalized spacial score (nSPS) is 22.5. The molecular weight excluding hydrogens is 158 g/mol. The van der Waals surface area contributed by atoms with Crippen LogP contribution in [-0.4, -0.2) is 11.0 Å². The summed E-state index contributed by atoms with van der Waals surface area (Å²) in [5.41, 5.74) is 6.72. The van der Waals surface area contributed by atoms with Crippen molar-refractivity contribution >= 4 is 21.5 Å². The SMILES string of the molecule is CC1CCc2nc(N)sc2N1. The van der Waals surface area contributed by atoms with Gasteiger partial charge in [-0.15, -0.1) is 0 Å². The molecule has 0 amide bonds. The van der Waals surface area contributed by atoms with Crippen molar-refractivity contribution in [1.82, 2.24) is 4.98 Å². The van der Waals surface area contributed by atoms with Gasteiger partial charge in [-0.05, 0) is 19.8 Å². The van der Waals surface area contributed by atoms with Gasteiger partial charge >= 0.3 is 0 Å². The van der Waals surface area contributed by atoms with Crippen molar-refractivity contribution in [1.29, 1.82) is 0 Å². The number of nitrogens with zero attached hydrogens (tertiary/aromatic N) is 1. The van der Waals surface area contributed by atoms with E-state index in [4.69, 9.17) is 5.73 Å². The maximum absolute atomic E-state index is 5.57. The van der Waals surface area contributed by atoms with E-state index in [2.05, 4.69) is 17.2 Å². The molecule has 3 N–H and O–H groups in total. The van der Waals surface area contributed by atoms with Crippen LogP contribution in [0.15, 0.2) is 0 Å². The molecule has 11 heavy (non-hydrogen) atoms. The Bertz CT molecular complexity index is 269. The second kappa shape index (κ2) is 2.37. The summed E-state index contributed by atoms with van der Waals surface area (Å²) in [4.78, 5) is 4.22. The van der Waals surface area contributed by atoms with Crippen LogP contribution in [0.25, 0.3) is 0 Å². The summed E-state index contributed by atoms with van der Waals surface area (Å²) in [6.07, 6.45) is 2.23. The van der Waals surface area contributed by atoms with E-state index in [-0.39, 0.29) is 0 Å². The summed E-state index contributed by atoms with van der Waals surface area (Å²) >= 11 is 1.55. The van der Waals surface area contributed by atoms with E-state index >= 15 is 0 Å². The minimum absolute atomic E-state index is 0.572. The molecular formula is C7H11N3S. The van der Waals surface area contributed by atoms with E-state index in [9.17, 15) is 0 Å². The van der Waals surface area contributed by atoms with Gasteiger partial charge in [0.05, 0.1) is 5.69 Å². The zero-order valence-electron chi connectivity index (χ0n) is 6.42. The Hall–Kier alpha value is -0.770. The molecule has 1 aliphatic heterocycles. The highest BCUT2D eigenvalue weighted by Crippen LogP contribution is 2.31. The molecule has 0 spiro atoms. The van der Waals surface area contributed by atoms with Crippen LogP contribution in [-0.2, 0) is 6.42 Å². The van der Waals surface area contributed by atoms with Crippen molar-refractivity contribution in [3.8, 4) is 0 Å². The fraction of sp³-hybridized carbons (Fsp3) is 0.571. The smallest absolute Gasteiger partial charge is 0.182 e. The highest BCUT2D eigenvalue weighted by atomic mass is 32.1. The Balaban J connectivity index is 2.34. The first-order valence-corrected chi connectivity index (χ1v) is 4.59. The van der Waals surface area contributed by atoms with Crippen LogP contribution < -0.4 is 11.1 Å². The summed E-state index contributed by atoms with van der Waals surface area (Å²) < 4.78 is 0. The van der Waals surface area contributed by atoms with Crippen LogP contribution in [0.1, 0.15) is 19.0 Å². The number of aryl methyl sites for hydroxylation is 1. The number of fused-ring (bicyclic) bond motifs is 1. The zero-order valence-corrected chi connectivity index (χ0v) is 7.24. The van der Waals surface area contributed by atoms with Gasteiger partial charge in [0.2, 0.25) is 0 Å². The molecule has 0 aromatic carbocycles. The monoisotopic (exact) mass is 169 g/mol. The zero-order chi connectivity index (χ0) is 7.84. The van der Waals surface area contributed by atoms with Gasteiger partial charge in [-0.25, -0.2) is 4.98 Å². The minimum atomic E-state index is 0.572. The first-order valence-electron chi connectivity index (χ1n) is 3.77. The van der Waals surface area contributed by atoms with E-state index in [0.29, 0.717) is 11.2 Å². The summed E-state index contributed by atoms with van der Waals surface area (Å²) in [5, 5.41) is 5.20. The van der Waals surface area contributed by atoms with Crippen molar-refractivity contribution in [2.45, 2.75) is 25.8 Å². The molecule has 0 saturated heterocycles. The number of nitrogens with one attached hydrogen (secondary N) is 1. The molecule has 1 atom stereocenters. The Kier molecular flexibility index (Phi) is 1.49. The number of anilines is 2. The number of aromatic nitrogens is 1. The van der Waals surface area contributed by atoms with E-state index < -0.39 is 0 Å². The Morgan fingerprint density at radius 1 is 1.73 bits per heavy atom. The fourth-order valence-electron chi connectivity index (χ4n) is 1.30. The molecule has 2 heterocycles. The van der Waals surface area contributed by atoms with Gasteiger partial charge < -0.3 is 11.1 Å². The van der Waals surface area contributed by atoms with Crippen LogP contribution in [0.5, 0.6) is 0 Å². The lowest BCUT2D eigenvalue weighted by Gasteiger charge is -2.18. The summed E-state index contributed by atoms with van der Waals surface area (Å²) in [6.45, 7) is 2.18. The van der Waals surface area contributed by atoms with Crippen molar-refractivity contribution in [3.05, 3.63) is 5.69 Å².